The average molecular weight is 617 g/mol. The zero-order chi connectivity index (χ0) is 30.9. The van der Waals surface area contributed by atoms with Crippen LogP contribution in [0.15, 0.2) is 0 Å². The van der Waals surface area contributed by atoms with Gasteiger partial charge in [0.25, 0.3) is 0 Å². The standard InChI is InChI=1S/C33H52F8O/c1-5-19(31-27(37)13-21(14-28(31)38)30-9-6-17(2)16-42-30)10-29(39)32(40)33(4,41)22-7-8-23(26(36)15-22)20-11-24(34)18(3)25(35)12-20/h17-32H,5-16H2,1-4H3. The molecular weight excluding hydrogens is 564 g/mol. The minimum atomic E-state index is -2.68. The van der Waals surface area contributed by atoms with Crippen LogP contribution in [0.2, 0.25) is 0 Å². The zero-order valence-corrected chi connectivity index (χ0v) is 25.7. The van der Waals surface area contributed by atoms with Crippen molar-refractivity contribution in [3.63, 3.8) is 0 Å². The second kappa shape index (κ2) is 14.2. The Kier molecular flexibility index (Phi) is 11.6. The summed E-state index contributed by atoms with van der Waals surface area (Å²) in [5.41, 5.74) is -2.68. The Bertz CT molecular complexity index is 813. The maximum atomic E-state index is 15.9. The molecule has 3 aliphatic carbocycles. The van der Waals surface area contributed by atoms with Crippen molar-refractivity contribution in [2.24, 2.45) is 47.3 Å². The molecule has 4 rings (SSSR count). The molecule has 3 saturated carbocycles. The lowest BCUT2D eigenvalue weighted by Gasteiger charge is -2.45. The quantitative estimate of drug-likeness (QED) is 0.234. The Labute approximate surface area is 247 Å². The van der Waals surface area contributed by atoms with Crippen LogP contribution in [0.4, 0.5) is 35.1 Å². The van der Waals surface area contributed by atoms with E-state index in [0.29, 0.717) is 12.5 Å². The summed E-state index contributed by atoms with van der Waals surface area (Å²) >= 11 is 0. The first-order chi connectivity index (χ1) is 19.7. The van der Waals surface area contributed by atoms with E-state index in [2.05, 4.69) is 6.92 Å². The van der Waals surface area contributed by atoms with Gasteiger partial charge in [0, 0.05) is 18.4 Å². The van der Waals surface area contributed by atoms with Crippen LogP contribution in [0, 0.1) is 47.3 Å². The molecule has 1 saturated heterocycles. The number of alkyl halides is 8. The summed E-state index contributed by atoms with van der Waals surface area (Å²) in [5.74, 6) is -4.70. The third-order valence-electron chi connectivity index (χ3n) is 11.8. The molecular formula is C33H52F8O. The van der Waals surface area contributed by atoms with Crippen LogP contribution in [0.5, 0.6) is 0 Å². The van der Waals surface area contributed by atoms with E-state index < -0.39 is 90.8 Å². The van der Waals surface area contributed by atoms with Gasteiger partial charge in [0.2, 0.25) is 0 Å². The van der Waals surface area contributed by atoms with Gasteiger partial charge in [0.1, 0.15) is 42.7 Å². The second-order valence-electron chi connectivity index (χ2n) is 14.7. The van der Waals surface area contributed by atoms with Crippen molar-refractivity contribution < 1.29 is 39.9 Å². The highest BCUT2D eigenvalue weighted by Gasteiger charge is 2.53. The summed E-state index contributed by atoms with van der Waals surface area (Å²) in [5, 5.41) is 0. The van der Waals surface area contributed by atoms with E-state index in [4.69, 9.17) is 4.74 Å². The summed E-state index contributed by atoms with van der Waals surface area (Å²) in [6.45, 7) is 6.78. The molecule has 4 fully saturated rings. The van der Waals surface area contributed by atoms with E-state index in [1.165, 1.54) is 6.92 Å². The Hall–Kier alpha value is -0.600. The SMILES string of the molecule is CCC(CC(F)C(F)C(C)(F)C1CCC(C2CC(F)C(C)C(F)C2)C(F)C1)C1C(F)CC(C2CCC(C)CO2)CC1F. The van der Waals surface area contributed by atoms with Crippen LogP contribution < -0.4 is 0 Å². The van der Waals surface area contributed by atoms with Crippen molar-refractivity contribution in [1.29, 1.82) is 0 Å². The highest BCUT2D eigenvalue weighted by molar-refractivity contribution is 5.01. The maximum absolute atomic E-state index is 15.9. The molecule has 0 spiro atoms. The Morgan fingerprint density at radius 3 is 1.88 bits per heavy atom. The summed E-state index contributed by atoms with van der Waals surface area (Å²) in [6, 6.07) is 0. The van der Waals surface area contributed by atoms with Gasteiger partial charge in [-0.05, 0) is 107 Å². The van der Waals surface area contributed by atoms with Crippen molar-refractivity contribution >= 4 is 0 Å². The molecule has 0 N–H and O–H groups in total. The lowest BCUT2D eigenvalue weighted by Crippen LogP contribution is -2.50. The molecule has 0 amide bonds. The molecule has 0 aromatic rings. The minimum absolute atomic E-state index is 0.0564. The third-order valence-corrected chi connectivity index (χ3v) is 11.8. The fourth-order valence-corrected chi connectivity index (χ4v) is 8.83. The van der Waals surface area contributed by atoms with E-state index in [1.807, 2.05) is 0 Å². The molecule has 0 aromatic heterocycles. The molecule has 1 nitrogen and oxygen atoms in total. The summed E-state index contributed by atoms with van der Waals surface area (Å²) < 4.78 is 127. The van der Waals surface area contributed by atoms with Gasteiger partial charge in [0.15, 0.2) is 6.17 Å². The van der Waals surface area contributed by atoms with E-state index >= 15 is 26.3 Å². The van der Waals surface area contributed by atoms with Crippen molar-refractivity contribution in [2.45, 2.75) is 153 Å². The number of hydrogen-bond acceptors (Lipinski definition) is 1. The molecule has 1 aliphatic heterocycles. The number of ether oxygens (including phenoxy) is 1. The van der Waals surface area contributed by atoms with Crippen LogP contribution in [-0.2, 0) is 4.74 Å². The van der Waals surface area contributed by atoms with E-state index in [1.54, 1.807) is 6.92 Å². The van der Waals surface area contributed by atoms with Crippen LogP contribution in [0.1, 0.15) is 98.3 Å². The first-order valence-corrected chi connectivity index (χ1v) is 16.5. The molecule has 9 heteroatoms. The molecule has 246 valence electrons. The molecule has 0 aromatic carbocycles. The van der Waals surface area contributed by atoms with Crippen LogP contribution >= 0.6 is 0 Å². The van der Waals surface area contributed by atoms with Gasteiger partial charge < -0.3 is 4.74 Å². The van der Waals surface area contributed by atoms with Gasteiger partial charge in [-0.1, -0.05) is 27.2 Å². The Morgan fingerprint density at radius 1 is 0.762 bits per heavy atom. The number of hydrogen-bond donors (Lipinski definition) is 0. The summed E-state index contributed by atoms with van der Waals surface area (Å²) in [4.78, 5) is 0. The van der Waals surface area contributed by atoms with Crippen molar-refractivity contribution in [3.8, 4) is 0 Å². The van der Waals surface area contributed by atoms with Crippen LogP contribution in [0.25, 0.3) is 0 Å². The predicted octanol–water partition coefficient (Wildman–Crippen LogP) is 9.80. The molecule has 4 aliphatic rings. The van der Waals surface area contributed by atoms with Gasteiger partial charge in [0.05, 0.1) is 6.10 Å². The molecule has 13 atom stereocenters. The highest BCUT2D eigenvalue weighted by atomic mass is 19.2. The van der Waals surface area contributed by atoms with Gasteiger partial charge >= 0.3 is 0 Å². The van der Waals surface area contributed by atoms with Crippen molar-refractivity contribution in [3.05, 3.63) is 0 Å². The normalized spacial score (nSPS) is 47.3. The summed E-state index contributed by atoms with van der Waals surface area (Å²) in [7, 11) is 0. The molecule has 42 heavy (non-hydrogen) atoms. The second-order valence-corrected chi connectivity index (χ2v) is 14.7. The smallest absolute Gasteiger partial charge is 0.165 e. The van der Waals surface area contributed by atoms with Gasteiger partial charge in [-0.25, -0.2) is 35.1 Å². The van der Waals surface area contributed by atoms with Crippen LogP contribution in [0.3, 0.4) is 0 Å². The van der Waals surface area contributed by atoms with E-state index in [0.717, 1.165) is 19.8 Å². The maximum Gasteiger partial charge on any atom is 0.165 e. The molecule has 1 heterocycles. The molecule has 0 bridgehead atoms. The lowest BCUT2D eigenvalue weighted by molar-refractivity contribution is -0.0937. The van der Waals surface area contributed by atoms with E-state index in [-0.39, 0.29) is 63.4 Å². The van der Waals surface area contributed by atoms with Gasteiger partial charge in [-0.15, -0.1) is 0 Å². The fraction of sp³-hybridized carbons (Fsp3) is 1.00. The first kappa shape index (κ1) is 34.3. The Balaban J connectivity index is 1.32. The predicted molar refractivity (Wildman–Crippen MR) is 149 cm³/mol. The van der Waals surface area contributed by atoms with Crippen molar-refractivity contribution in [2.75, 3.05) is 6.61 Å². The van der Waals surface area contributed by atoms with Gasteiger partial charge in [-0.3, -0.25) is 0 Å². The molecule has 0 radical (unpaired) electrons. The fourth-order valence-electron chi connectivity index (χ4n) is 8.83. The lowest BCUT2D eigenvalue weighted by atomic mass is 9.64. The highest BCUT2D eigenvalue weighted by Crippen LogP contribution is 2.49. The van der Waals surface area contributed by atoms with Crippen LogP contribution in [-0.4, -0.2) is 61.6 Å². The average Bonchev–Trinajstić information content (AvgIpc) is 2.94. The summed E-state index contributed by atoms with van der Waals surface area (Å²) in [6.07, 6.45) is -10.7. The third kappa shape index (κ3) is 7.43. The first-order valence-electron chi connectivity index (χ1n) is 16.5. The van der Waals surface area contributed by atoms with Gasteiger partial charge in [-0.2, -0.15) is 0 Å². The largest absolute Gasteiger partial charge is 0.378 e. The van der Waals surface area contributed by atoms with E-state index in [9.17, 15) is 8.78 Å². The number of rotatable bonds is 9. The topological polar surface area (TPSA) is 9.23 Å². The minimum Gasteiger partial charge on any atom is -0.378 e. The molecule has 13 unspecified atom stereocenters. The monoisotopic (exact) mass is 616 g/mol. The van der Waals surface area contributed by atoms with Crippen molar-refractivity contribution in [1.82, 2.24) is 0 Å². The number of halogens is 8. The zero-order valence-electron chi connectivity index (χ0n) is 25.7. The Morgan fingerprint density at radius 2 is 1.36 bits per heavy atom.